The number of rotatable bonds is 4. The van der Waals surface area contributed by atoms with Gasteiger partial charge in [0.2, 0.25) is 0 Å². The van der Waals surface area contributed by atoms with Crippen molar-refractivity contribution in [1.29, 1.82) is 5.26 Å². The van der Waals surface area contributed by atoms with Gasteiger partial charge in [0.15, 0.2) is 17.5 Å². The van der Waals surface area contributed by atoms with Crippen molar-refractivity contribution in [2.45, 2.75) is 0 Å². The van der Waals surface area contributed by atoms with E-state index in [0.717, 1.165) is 12.3 Å². The summed E-state index contributed by atoms with van der Waals surface area (Å²) in [6.45, 7) is 0. The number of nitrogens with zero attached hydrogens (tertiary/aromatic N) is 1. The van der Waals surface area contributed by atoms with Gasteiger partial charge in [-0.3, -0.25) is 4.79 Å². The molecule has 0 radical (unpaired) electrons. The Hall–Kier alpha value is -2.98. The second kappa shape index (κ2) is 7.53. The molecule has 4 nitrogen and oxygen atoms in total. The number of nitrogens with one attached hydrogen (secondary N) is 2. The van der Waals surface area contributed by atoms with Crippen LogP contribution >= 0.6 is 11.6 Å². The molecule has 8 heteroatoms. The first-order valence-corrected chi connectivity index (χ1v) is 6.87. The molecule has 2 aromatic rings. The van der Waals surface area contributed by atoms with Gasteiger partial charge in [0, 0.05) is 16.9 Å². The Morgan fingerprint density at radius 3 is 2.58 bits per heavy atom. The highest BCUT2D eigenvalue weighted by Crippen LogP contribution is 2.20. The first kappa shape index (κ1) is 17.4. The molecule has 0 bridgehead atoms. The number of anilines is 2. The highest BCUT2D eigenvalue weighted by molar-refractivity contribution is 6.31. The maximum absolute atomic E-state index is 13.5. The van der Waals surface area contributed by atoms with Crippen molar-refractivity contribution in [1.82, 2.24) is 0 Å². The molecule has 0 spiro atoms. The molecule has 0 atom stereocenters. The molecule has 0 unspecified atom stereocenters. The Morgan fingerprint density at radius 2 is 1.92 bits per heavy atom. The molecular weight excluding hydrogens is 343 g/mol. The van der Waals surface area contributed by atoms with Crippen LogP contribution in [-0.2, 0) is 4.79 Å². The molecule has 0 aliphatic carbocycles. The second-order valence-corrected chi connectivity index (χ2v) is 4.94. The van der Waals surface area contributed by atoms with Crippen LogP contribution in [0.2, 0.25) is 5.02 Å². The van der Waals surface area contributed by atoms with Gasteiger partial charge in [0.05, 0.1) is 5.69 Å². The first-order chi connectivity index (χ1) is 11.4. The van der Waals surface area contributed by atoms with Gasteiger partial charge in [-0.15, -0.1) is 0 Å². The number of amides is 1. The molecule has 0 heterocycles. The van der Waals surface area contributed by atoms with Gasteiger partial charge in [-0.1, -0.05) is 17.7 Å². The SMILES string of the molecule is N#C/C(=C/Nc1ccc(F)c(F)c1F)C(=O)Nc1cccc(Cl)c1. The molecule has 0 saturated carbocycles. The van der Waals surface area contributed by atoms with Crippen LogP contribution in [0.25, 0.3) is 0 Å². The van der Waals surface area contributed by atoms with E-state index in [9.17, 15) is 18.0 Å². The lowest BCUT2D eigenvalue weighted by Gasteiger charge is -2.06. The molecule has 2 rings (SSSR count). The van der Waals surface area contributed by atoms with E-state index in [1.165, 1.54) is 6.07 Å². The maximum Gasteiger partial charge on any atom is 0.267 e. The molecular formula is C16H9ClF3N3O. The van der Waals surface area contributed by atoms with E-state index < -0.39 is 34.6 Å². The number of benzene rings is 2. The van der Waals surface area contributed by atoms with E-state index in [2.05, 4.69) is 10.6 Å². The minimum atomic E-state index is -1.66. The molecule has 0 aliphatic heterocycles. The van der Waals surface area contributed by atoms with Crippen molar-refractivity contribution < 1.29 is 18.0 Å². The Labute approximate surface area is 140 Å². The molecule has 2 aromatic carbocycles. The number of nitriles is 1. The summed E-state index contributed by atoms with van der Waals surface area (Å²) in [5.74, 6) is -5.24. The zero-order chi connectivity index (χ0) is 17.7. The Morgan fingerprint density at radius 1 is 1.17 bits per heavy atom. The summed E-state index contributed by atoms with van der Waals surface area (Å²) in [6.07, 6.45) is 0.885. The average Bonchev–Trinajstić information content (AvgIpc) is 2.55. The van der Waals surface area contributed by atoms with Gasteiger partial charge >= 0.3 is 0 Å². The van der Waals surface area contributed by atoms with E-state index in [-0.39, 0.29) is 0 Å². The smallest absolute Gasteiger partial charge is 0.267 e. The largest absolute Gasteiger partial charge is 0.358 e. The van der Waals surface area contributed by atoms with Gasteiger partial charge in [-0.2, -0.15) is 5.26 Å². The lowest BCUT2D eigenvalue weighted by molar-refractivity contribution is -0.112. The quantitative estimate of drug-likeness (QED) is 0.492. The third kappa shape index (κ3) is 4.06. The minimum Gasteiger partial charge on any atom is -0.358 e. The van der Waals surface area contributed by atoms with Crippen LogP contribution in [0.3, 0.4) is 0 Å². The van der Waals surface area contributed by atoms with Gasteiger partial charge in [0.25, 0.3) is 5.91 Å². The Balaban J connectivity index is 2.16. The van der Waals surface area contributed by atoms with Crippen LogP contribution in [0.5, 0.6) is 0 Å². The fourth-order valence-corrected chi connectivity index (χ4v) is 1.89. The number of carbonyl (C=O) groups is 1. The van der Waals surface area contributed by atoms with Crippen molar-refractivity contribution in [3.05, 3.63) is 70.6 Å². The summed E-state index contributed by atoms with van der Waals surface area (Å²) < 4.78 is 39.5. The highest BCUT2D eigenvalue weighted by atomic mass is 35.5. The number of halogens is 4. The van der Waals surface area contributed by atoms with Crippen LogP contribution in [0.15, 0.2) is 48.2 Å². The standard InChI is InChI=1S/C16H9ClF3N3O/c17-10-2-1-3-11(6-10)23-16(24)9(7-21)8-22-13-5-4-12(18)14(19)15(13)20/h1-6,8,22H,(H,23,24)/b9-8-. The second-order valence-electron chi connectivity index (χ2n) is 4.50. The first-order valence-electron chi connectivity index (χ1n) is 6.49. The van der Waals surface area contributed by atoms with Crippen molar-refractivity contribution in [3.63, 3.8) is 0 Å². The molecule has 0 aromatic heterocycles. The van der Waals surface area contributed by atoms with Crippen LogP contribution in [0.4, 0.5) is 24.5 Å². The highest BCUT2D eigenvalue weighted by Gasteiger charge is 2.14. The number of hydrogen-bond acceptors (Lipinski definition) is 3. The molecule has 0 fully saturated rings. The molecule has 122 valence electrons. The molecule has 0 saturated heterocycles. The van der Waals surface area contributed by atoms with Crippen LogP contribution in [0, 0.1) is 28.8 Å². The van der Waals surface area contributed by atoms with Gasteiger partial charge in [-0.05, 0) is 30.3 Å². The normalized spacial score (nSPS) is 10.9. The summed E-state index contributed by atoms with van der Waals surface area (Å²) in [7, 11) is 0. The summed E-state index contributed by atoms with van der Waals surface area (Å²) in [6, 6.07) is 9.50. The monoisotopic (exact) mass is 351 g/mol. The van der Waals surface area contributed by atoms with E-state index in [1.807, 2.05) is 0 Å². The Bertz CT molecular complexity index is 862. The molecule has 2 N–H and O–H groups in total. The van der Waals surface area contributed by atoms with Crippen LogP contribution < -0.4 is 10.6 Å². The molecule has 1 amide bonds. The minimum absolute atomic E-state index is 0.354. The van der Waals surface area contributed by atoms with E-state index in [1.54, 1.807) is 24.3 Å². The summed E-state index contributed by atoms with van der Waals surface area (Å²) in [5.41, 5.74) is -0.469. The summed E-state index contributed by atoms with van der Waals surface area (Å²) >= 11 is 5.78. The van der Waals surface area contributed by atoms with Gasteiger partial charge in [0.1, 0.15) is 11.6 Å². The fourth-order valence-electron chi connectivity index (χ4n) is 1.70. The molecule has 0 aliphatic rings. The Kier molecular flexibility index (Phi) is 5.45. The van der Waals surface area contributed by atoms with E-state index in [4.69, 9.17) is 16.9 Å². The third-order valence-corrected chi connectivity index (χ3v) is 3.09. The van der Waals surface area contributed by atoms with Crippen LogP contribution in [0.1, 0.15) is 0 Å². The van der Waals surface area contributed by atoms with E-state index in [0.29, 0.717) is 16.8 Å². The predicted octanol–water partition coefficient (Wildman–Crippen LogP) is 4.22. The zero-order valence-electron chi connectivity index (χ0n) is 11.9. The zero-order valence-corrected chi connectivity index (χ0v) is 12.7. The van der Waals surface area contributed by atoms with Crippen LogP contribution in [-0.4, -0.2) is 5.91 Å². The lowest BCUT2D eigenvalue weighted by Crippen LogP contribution is -2.14. The van der Waals surface area contributed by atoms with Crippen molar-refractivity contribution in [3.8, 4) is 6.07 Å². The van der Waals surface area contributed by atoms with Gasteiger partial charge in [-0.25, -0.2) is 13.2 Å². The summed E-state index contributed by atoms with van der Waals surface area (Å²) in [5, 5.41) is 14.1. The molecule has 24 heavy (non-hydrogen) atoms. The van der Waals surface area contributed by atoms with Gasteiger partial charge < -0.3 is 10.6 Å². The topological polar surface area (TPSA) is 64.9 Å². The van der Waals surface area contributed by atoms with E-state index >= 15 is 0 Å². The predicted molar refractivity (Wildman–Crippen MR) is 83.7 cm³/mol. The number of carbonyl (C=O) groups excluding carboxylic acids is 1. The fraction of sp³-hybridized carbons (Fsp3) is 0. The van der Waals surface area contributed by atoms with Crippen molar-refractivity contribution >= 4 is 28.9 Å². The summed E-state index contributed by atoms with van der Waals surface area (Å²) in [4.78, 5) is 12.0. The lowest BCUT2D eigenvalue weighted by atomic mass is 10.2. The maximum atomic E-state index is 13.5. The number of hydrogen-bond donors (Lipinski definition) is 2. The average molecular weight is 352 g/mol. The van der Waals surface area contributed by atoms with Crippen molar-refractivity contribution in [2.75, 3.05) is 10.6 Å². The third-order valence-electron chi connectivity index (χ3n) is 2.85. The van der Waals surface area contributed by atoms with Crippen molar-refractivity contribution in [2.24, 2.45) is 0 Å².